The Morgan fingerprint density at radius 1 is 0.967 bits per heavy atom. The van der Waals surface area contributed by atoms with Crippen LogP contribution in [0.25, 0.3) is 5.57 Å². The minimum absolute atomic E-state index is 0.188. The summed E-state index contributed by atoms with van der Waals surface area (Å²) in [5.74, 6) is -0.628. The third-order valence-corrected chi connectivity index (χ3v) is 6.12. The second-order valence-corrected chi connectivity index (χ2v) is 8.16. The fraction of sp³-hybridized carbons (Fsp3) is 0.318. The fourth-order valence-electron chi connectivity index (χ4n) is 3.89. The molecular formula is C22H22Cl2N4O2. The molecule has 1 saturated heterocycles. The van der Waals surface area contributed by atoms with Crippen LogP contribution >= 0.6 is 23.2 Å². The van der Waals surface area contributed by atoms with E-state index in [1.54, 1.807) is 42.7 Å². The Kier molecular flexibility index (Phi) is 6.09. The predicted octanol–water partition coefficient (Wildman–Crippen LogP) is 3.31. The molecule has 0 aliphatic carbocycles. The summed E-state index contributed by atoms with van der Waals surface area (Å²) in [6.07, 6.45) is 3.30. The van der Waals surface area contributed by atoms with Gasteiger partial charge in [0, 0.05) is 49.2 Å². The smallest absolute Gasteiger partial charge is 0.278 e. The molecule has 2 aliphatic heterocycles. The minimum Gasteiger partial charge on any atom is -0.364 e. The minimum atomic E-state index is -0.339. The van der Waals surface area contributed by atoms with Crippen LogP contribution in [0, 0.1) is 0 Å². The second-order valence-electron chi connectivity index (χ2n) is 7.32. The molecule has 4 rings (SSSR count). The van der Waals surface area contributed by atoms with Crippen molar-refractivity contribution in [3.8, 4) is 0 Å². The molecule has 156 valence electrons. The monoisotopic (exact) mass is 444 g/mol. The molecule has 0 saturated carbocycles. The molecule has 0 unspecified atom stereocenters. The maximum atomic E-state index is 13.4. The molecule has 0 N–H and O–H groups in total. The molecule has 1 aromatic carbocycles. The van der Waals surface area contributed by atoms with Gasteiger partial charge in [0.25, 0.3) is 11.8 Å². The van der Waals surface area contributed by atoms with Gasteiger partial charge in [0.05, 0.1) is 17.1 Å². The molecular weight excluding hydrogens is 423 g/mol. The van der Waals surface area contributed by atoms with Crippen molar-refractivity contribution in [2.75, 3.05) is 32.7 Å². The van der Waals surface area contributed by atoms with Crippen LogP contribution in [0.2, 0.25) is 10.0 Å². The Morgan fingerprint density at radius 3 is 2.30 bits per heavy atom. The molecule has 0 radical (unpaired) electrons. The first-order valence-corrected chi connectivity index (χ1v) is 10.7. The largest absolute Gasteiger partial charge is 0.364 e. The van der Waals surface area contributed by atoms with Crippen molar-refractivity contribution in [2.45, 2.75) is 13.5 Å². The summed E-state index contributed by atoms with van der Waals surface area (Å²) in [6.45, 7) is 6.31. The van der Waals surface area contributed by atoms with Crippen molar-refractivity contribution in [3.05, 3.63) is 69.6 Å². The lowest BCUT2D eigenvalue weighted by atomic mass is 10.0. The molecule has 1 fully saturated rings. The van der Waals surface area contributed by atoms with Crippen LogP contribution in [-0.4, -0.2) is 64.2 Å². The van der Waals surface area contributed by atoms with Crippen molar-refractivity contribution in [3.63, 3.8) is 0 Å². The Balaban J connectivity index is 1.74. The first-order valence-electron chi connectivity index (χ1n) is 9.91. The Morgan fingerprint density at radius 2 is 1.67 bits per heavy atom. The number of aromatic nitrogens is 1. The first kappa shape index (κ1) is 20.8. The van der Waals surface area contributed by atoms with Gasteiger partial charge in [0.1, 0.15) is 5.70 Å². The second kappa shape index (κ2) is 8.76. The number of pyridine rings is 1. The molecule has 0 atom stereocenters. The summed E-state index contributed by atoms with van der Waals surface area (Å²) < 4.78 is 0. The van der Waals surface area contributed by atoms with Gasteiger partial charge in [-0.2, -0.15) is 0 Å². The summed E-state index contributed by atoms with van der Waals surface area (Å²) in [4.78, 5) is 36.5. The third-order valence-electron chi connectivity index (χ3n) is 5.57. The highest BCUT2D eigenvalue weighted by Gasteiger charge is 2.42. The molecule has 0 spiro atoms. The SMILES string of the molecule is CCN1CCN(C2=C(c3ccc(Cl)cc3Cl)C(=O)N(Cc3ccncc3)C2=O)CC1. The number of piperazine rings is 1. The van der Waals surface area contributed by atoms with E-state index < -0.39 is 0 Å². The van der Waals surface area contributed by atoms with Crippen LogP contribution in [0.1, 0.15) is 18.1 Å². The molecule has 2 aromatic rings. The summed E-state index contributed by atoms with van der Waals surface area (Å²) in [5.41, 5.74) is 2.14. The molecule has 1 aromatic heterocycles. The van der Waals surface area contributed by atoms with Gasteiger partial charge in [-0.1, -0.05) is 36.2 Å². The summed E-state index contributed by atoms with van der Waals surface area (Å²) >= 11 is 12.5. The van der Waals surface area contributed by atoms with Crippen molar-refractivity contribution in [1.82, 2.24) is 19.7 Å². The van der Waals surface area contributed by atoms with Gasteiger partial charge in [-0.15, -0.1) is 0 Å². The van der Waals surface area contributed by atoms with Gasteiger partial charge >= 0.3 is 0 Å². The van der Waals surface area contributed by atoms with Crippen LogP contribution < -0.4 is 0 Å². The lowest BCUT2D eigenvalue weighted by Crippen LogP contribution is -2.47. The standard InChI is InChI=1S/C22H22Cl2N4O2/c1-2-26-9-11-27(12-10-26)20-19(17-4-3-16(23)13-18(17)24)21(29)28(22(20)30)14-15-5-7-25-8-6-15/h3-8,13H,2,9-12,14H2,1H3. The van der Waals surface area contributed by atoms with Gasteiger partial charge in [0.15, 0.2) is 0 Å². The van der Waals surface area contributed by atoms with Crippen molar-refractivity contribution >= 4 is 40.6 Å². The third kappa shape index (κ3) is 3.95. The van der Waals surface area contributed by atoms with Gasteiger partial charge in [-0.3, -0.25) is 19.5 Å². The molecule has 3 heterocycles. The average molecular weight is 445 g/mol. The van der Waals surface area contributed by atoms with E-state index in [1.807, 2.05) is 4.90 Å². The van der Waals surface area contributed by atoms with E-state index in [2.05, 4.69) is 16.8 Å². The zero-order chi connectivity index (χ0) is 21.3. The number of carbonyl (C=O) groups is 2. The van der Waals surface area contributed by atoms with Crippen LogP contribution in [0.5, 0.6) is 0 Å². The number of rotatable bonds is 5. The lowest BCUT2D eigenvalue weighted by Gasteiger charge is -2.36. The molecule has 0 bridgehead atoms. The highest BCUT2D eigenvalue weighted by molar-refractivity contribution is 6.41. The van der Waals surface area contributed by atoms with Crippen molar-refractivity contribution in [2.24, 2.45) is 0 Å². The lowest BCUT2D eigenvalue weighted by molar-refractivity contribution is -0.138. The van der Waals surface area contributed by atoms with Gasteiger partial charge in [-0.05, 0) is 36.4 Å². The number of hydrogen-bond acceptors (Lipinski definition) is 5. The van der Waals surface area contributed by atoms with Crippen molar-refractivity contribution in [1.29, 1.82) is 0 Å². The van der Waals surface area contributed by atoms with E-state index in [0.717, 1.165) is 25.2 Å². The molecule has 30 heavy (non-hydrogen) atoms. The fourth-order valence-corrected chi connectivity index (χ4v) is 4.40. The van der Waals surface area contributed by atoms with Crippen molar-refractivity contribution < 1.29 is 9.59 Å². The Bertz CT molecular complexity index is 1000. The zero-order valence-corrected chi connectivity index (χ0v) is 18.2. The van der Waals surface area contributed by atoms with Crippen LogP contribution in [-0.2, 0) is 16.1 Å². The number of carbonyl (C=O) groups excluding carboxylic acids is 2. The number of imide groups is 1. The number of benzene rings is 1. The van der Waals surface area contributed by atoms with E-state index in [1.165, 1.54) is 4.90 Å². The Labute approximate surface area is 185 Å². The summed E-state index contributed by atoms with van der Waals surface area (Å²) in [6, 6.07) is 8.59. The van der Waals surface area contributed by atoms with Gasteiger partial charge < -0.3 is 9.80 Å². The average Bonchev–Trinajstić information content (AvgIpc) is 2.99. The molecule has 2 aliphatic rings. The Hall–Kier alpha value is -2.41. The normalized spacial score (nSPS) is 18.0. The highest BCUT2D eigenvalue weighted by Crippen LogP contribution is 2.37. The van der Waals surface area contributed by atoms with Gasteiger partial charge in [-0.25, -0.2) is 0 Å². The van der Waals surface area contributed by atoms with E-state index >= 15 is 0 Å². The van der Waals surface area contributed by atoms with E-state index in [0.29, 0.717) is 40.0 Å². The molecule has 6 nitrogen and oxygen atoms in total. The topological polar surface area (TPSA) is 56.8 Å². The van der Waals surface area contributed by atoms with Crippen LogP contribution in [0.4, 0.5) is 0 Å². The van der Waals surface area contributed by atoms with E-state index in [4.69, 9.17) is 23.2 Å². The van der Waals surface area contributed by atoms with E-state index in [-0.39, 0.29) is 18.4 Å². The first-order chi connectivity index (χ1) is 14.5. The maximum Gasteiger partial charge on any atom is 0.278 e. The number of likely N-dealkylation sites (N-methyl/N-ethyl adjacent to an activating group) is 1. The summed E-state index contributed by atoms with van der Waals surface area (Å²) in [7, 11) is 0. The summed E-state index contributed by atoms with van der Waals surface area (Å²) in [5, 5.41) is 0.835. The zero-order valence-electron chi connectivity index (χ0n) is 16.6. The highest BCUT2D eigenvalue weighted by atomic mass is 35.5. The number of halogens is 2. The predicted molar refractivity (Wildman–Crippen MR) is 117 cm³/mol. The van der Waals surface area contributed by atoms with Crippen LogP contribution in [0.15, 0.2) is 48.4 Å². The quantitative estimate of drug-likeness (QED) is 0.662. The molecule has 2 amide bonds. The number of hydrogen-bond donors (Lipinski definition) is 0. The number of amides is 2. The van der Waals surface area contributed by atoms with E-state index in [9.17, 15) is 9.59 Å². The van der Waals surface area contributed by atoms with Crippen LogP contribution in [0.3, 0.4) is 0 Å². The van der Waals surface area contributed by atoms with Gasteiger partial charge in [0.2, 0.25) is 0 Å². The number of nitrogens with zero attached hydrogens (tertiary/aromatic N) is 4. The molecule has 8 heteroatoms. The maximum absolute atomic E-state index is 13.4.